The number of benzene rings is 10. The summed E-state index contributed by atoms with van der Waals surface area (Å²) in [5.41, 5.74) is 8.63. The lowest BCUT2D eigenvalue weighted by molar-refractivity contribution is 0.666. The van der Waals surface area contributed by atoms with Gasteiger partial charge >= 0.3 is 0 Å². The van der Waals surface area contributed by atoms with E-state index in [0.717, 1.165) is 54.8 Å². The van der Waals surface area contributed by atoms with Crippen molar-refractivity contribution in [1.82, 2.24) is 9.13 Å². The van der Waals surface area contributed by atoms with Gasteiger partial charge in [-0.3, -0.25) is 0 Å². The van der Waals surface area contributed by atoms with Gasteiger partial charge in [-0.15, -0.1) is 0 Å². The number of aromatic nitrogens is 2. The van der Waals surface area contributed by atoms with Crippen LogP contribution >= 0.6 is 0 Å². The summed E-state index contributed by atoms with van der Waals surface area (Å²) in [5.74, 6) is 0. The fourth-order valence-electron chi connectivity index (χ4n) is 10.5. The van der Waals surface area contributed by atoms with Crippen LogP contribution < -0.4 is 20.7 Å². The highest BCUT2D eigenvalue weighted by Crippen LogP contribution is 2.45. The highest BCUT2D eigenvalue weighted by atomic mass is 28.3. The van der Waals surface area contributed by atoms with Crippen molar-refractivity contribution in [3.8, 4) is 22.5 Å². The van der Waals surface area contributed by atoms with Crippen molar-refractivity contribution in [2.24, 2.45) is 0 Å². The average molecular weight is 837 g/mol. The molecule has 10 aromatic carbocycles. The Labute approximate surface area is 376 Å². The lowest BCUT2D eigenvalue weighted by atomic mass is 10.1. The number of fused-ring (bicyclic) bond motifs is 10. The first kappa shape index (κ1) is 32.5. The van der Waals surface area contributed by atoms with Gasteiger partial charge in [-0.1, -0.05) is 200 Å². The molecular formula is C60H40N2OSi. The van der Waals surface area contributed by atoms with E-state index in [1.165, 1.54) is 31.9 Å². The summed E-state index contributed by atoms with van der Waals surface area (Å²) in [6.45, 7) is 0. The Hall–Kier alpha value is -8.18. The minimum Gasteiger partial charge on any atom is -0.454 e. The predicted molar refractivity (Wildman–Crippen MR) is 271 cm³/mol. The Morgan fingerprint density at radius 3 is 1.67 bits per heavy atom. The SMILES string of the molecule is [2H]c1c([2H])c([2H])c2c(c1[2H])c1ccccc1n2-c1cc2c3ccccc3n(-c3cccc([Si](c4ccccc4)(c4ccccc4)c4cccc(-c5ccccc5)c4)c3)c2c2c1oc1ccccc12. The van der Waals surface area contributed by atoms with Gasteiger partial charge in [-0.2, -0.15) is 0 Å². The van der Waals surface area contributed by atoms with Crippen molar-refractivity contribution in [2.45, 2.75) is 0 Å². The quantitative estimate of drug-likeness (QED) is 0.116. The maximum atomic E-state index is 9.34. The van der Waals surface area contributed by atoms with Crippen LogP contribution in [-0.2, 0) is 0 Å². The minimum absolute atomic E-state index is 0.0632. The molecule has 0 unspecified atom stereocenters. The molecule has 0 saturated carbocycles. The topological polar surface area (TPSA) is 23.0 Å². The van der Waals surface area contributed by atoms with Gasteiger partial charge in [0.25, 0.3) is 0 Å². The fraction of sp³-hybridized carbons (Fsp3) is 0. The van der Waals surface area contributed by atoms with Crippen LogP contribution in [0.1, 0.15) is 5.48 Å². The summed E-state index contributed by atoms with van der Waals surface area (Å²) in [5, 5.41) is 10.2. The molecule has 0 aliphatic rings. The molecule has 13 aromatic rings. The molecule has 0 N–H and O–H groups in total. The van der Waals surface area contributed by atoms with E-state index in [9.17, 15) is 1.37 Å². The van der Waals surface area contributed by atoms with Crippen molar-refractivity contribution in [3.63, 3.8) is 0 Å². The van der Waals surface area contributed by atoms with Crippen LogP contribution in [0.2, 0.25) is 0 Å². The van der Waals surface area contributed by atoms with Crippen LogP contribution in [0, 0.1) is 0 Å². The Morgan fingerprint density at radius 1 is 0.391 bits per heavy atom. The smallest absolute Gasteiger partial charge is 0.179 e. The highest BCUT2D eigenvalue weighted by molar-refractivity contribution is 7.20. The lowest BCUT2D eigenvalue weighted by Crippen LogP contribution is -2.74. The van der Waals surface area contributed by atoms with E-state index < -0.39 is 8.07 Å². The molecule has 0 atom stereocenters. The number of rotatable bonds is 7. The number of furan rings is 1. The van der Waals surface area contributed by atoms with E-state index in [-0.39, 0.29) is 24.2 Å². The van der Waals surface area contributed by atoms with Crippen LogP contribution in [0.4, 0.5) is 0 Å². The fourth-order valence-corrected chi connectivity index (χ4v) is 15.3. The number of hydrogen-bond acceptors (Lipinski definition) is 1. The number of hydrogen-bond donors (Lipinski definition) is 0. The second-order valence-corrected chi connectivity index (χ2v) is 20.3. The van der Waals surface area contributed by atoms with Crippen LogP contribution in [0.25, 0.3) is 88.1 Å². The van der Waals surface area contributed by atoms with Gasteiger partial charge in [-0.25, -0.2) is 0 Å². The van der Waals surface area contributed by atoms with Gasteiger partial charge in [0.05, 0.1) is 38.6 Å². The normalized spacial score (nSPS) is 12.9. The first-order valence-corrected chi connectivity index (χ1v) is 23.7. The Morgan fingerprint density at radius 2 is 0.938 bits per heavy atom. The summed E-state index contributed by atoms with van der Waals surface area (Å²) in [6, 6.07) is 77.0. The molecule has 0 aliphatic carbocycles. The van der Waals surface area contributed by atoms with E-state index in [1.807, 2.05) is 47.0 Å². The third kappa shape index (κ3) is 5.33. The number of para-hydroxylation sites is 4. The third-order valence-corrected chi connectivity index (χ3v) is 17.9. The minimum atomic E-state index is -3.04. The molecule has 0 bridgehead atoms. The summed E-state index contributed by atoms with van der Waals surface area (Å²) >= 11 is 0. The van der Waals surface area contributed by atoms with E-state index in [2.05, 4.69) is 180 Å². The van der Waals surface area contributed by atoms with Gasteiger partial charge in [0.1, 0.15) is 5.58 Å². The molecule has 3 heterocycles. The molecule has 0 aliphatic heterocycles. The molecule has 64 heavy (non-hydrogen) atoms. The van der Waals surface area contributed by atoms with Crippen LogP contribution in [0.5, 0.6) is 0 Å². The van der Waals surface area contributed by atoms with Gasteiger partial charge in [-0.05, 0) is 74.3 Å². The van der Waals surface area contributed by atoms with Gasteiger partial charge in [0.15, 0.2) is 13.7 Å². The zero-order valence-electron chi connectivity index (χ0n) is 38.6. The number of nitrogens with zero attached hydrogens (tertiary/aromatic N) is 2. The lowest BCUT2D eigenvalue weighted by Gasteiger charge is -2.35. The Balaban J connectivity index is 1.15. The van der Waals surface area contributed by atoms with Gasteiger partial charge in [0.2, 0.25) is 0 Å². The standard InChI is InChI=1S/C60H40N2OSi/c1-4-20-41(21-5-1)42-22-18-28-46(38-42)64(44-24-6-2-7-25-44,45-26-8-3-9-27-45)47-29-19-23-43(39-47)61-53-34-14-12-32-50(53)52-40-56(60-58(59(52)61)51-33-13-17-37-57(51)63-60)62-54-35-15-10-30-48(54)49-31-11-16-36-55(49)62/h1-40H/i10D,15D,30D,35D. The molecule has 0 amide bonds. The molecule has 4 heteroatoms. The van der Waals surface area contributed by atoms with Crippen molar-refractivity contribution < 1.29 is 9.90 Å². The second kappa shape index (κ2) is 14.5. The van der Waals surface area contributed by atoms with Crippen molar-refractivity contribution in [3.05, 3.63) is 243 Å². The highest BCUT2D eigenvalue weighted by Gasteiger charge is 2.42. The van der Waals surface area contributed by atoms with E-state index >= 15 is 0 Å². The van der Waals surface area contributed by atoms with Crippen molar-refractivity contribution in [2.75, 3.05) is 0 Å². The van der Waals surface area contributed by atoms with Gasteiger partial charge < -0.3 is 13.6 Å². The predicted octanol–water partition coefficient (Wildman–Crippen LogP) is 12.8. The molecule has 0 spiro atoms. The summed E-state index contributed by atoms with van der Waals surface area (Å²) in [7, 11) is -3.04. The van der Waals surface area contributed by atoms with E-state index in [1.54, 1.807) is 0 Å². The van der Waals surface area contributed by atoms with Crippen LogP contribution in [-0.4, -0.2) is 17.2 Å². The summed E-state index contributed by atoms with van der Waals surface area (Å²) < 4.78 is 47.4. The molecule has 0 saturated heterocycles. The first-order chi connectivity index (χ1) is 33.4. The van der Waals surface area contributed by atoms with Crippen molar-refractivity contribution in [1.29, 1.82) is 0 Å². The van der Waals surface area contributed by atoms with Crippen molar-refractivity contribution >= 4 is 94.4 Å². The monoisotopic (exact) mass is 836 g/mol. The average Bonchev–Trinajstić information content (AvgIpc) is 4.07. The van der Waals surface area contributed by atoms with Crippen LogP contribution in [0.15, 0.2) is 247 Å². The molecule has 3 aromatic heterocycles. The molecule has 300 valence electrons. The molecule has 13 rings (SSSR count). The Kier molecular flexibility index (Phi) is 7.34. The second-order valence-electron chi connectivity index (χ2n) is 16.5. The molecule has 0 fully saturated rings. The first-order valence-electron chi connectivity index (χ1n) is 23.7. The van der Waals surface area contributed by atoms with E-state index in [0.29, 0.717) is 22.2 Å². The zero-order chi connectivity index (χ0) is 45.7. The Bertz CT molecular complexity index is 4100. The molecule has 3 nitrogen and oxygen atoms in total. The maximum absolute atomic E-state index is 9.34. The zero-order valence-corrected chi connectivity index (χ0v) is 35.6. The van der Waals surface area contributed by atoms with Crippen LogP contribution in [0.3, 0.4) is 0 Å². The third-order valence-electron chi connectivity index (χ3n) is 13.2. The molecular weight excluding hydrogens is 793 g/mol. The van der Waals surface area contributed by atoms with Gasteiger partial charge in [0, 0.05) is 32.6 Å². The summed E-state index contributed by atoms with van der Waals surface area (Å²) in [4.78, 5) is 0. The summed E-state index contributed by atoms with van der Waals surface area (Å²) in [6.07, 6.45) is 0. The largest absolute Gasteiger partial charge is 0.454 e. The molecule has 0 radical (unpaired) electrons. The maximum Gasteiger partial charge on any atom is 0.179 e. The van der Waals surface area contributed by atoms with E-state index in [4.69, 9.17) is 8.53 Å².